The maximum Gasteiger partial charge on any atom is 0.337 e. The van der Waals surface area contributed by atoms with Gasteiger partial charge in [-0.3, -0.25) is 9.59 Å². The lowest BCUT2D eigenvalue weighted by molar-refractivity contribution is 0.0600. The van der Waals surface area contributed by atoms with E-state index in [1.54, 1.807) is 48.7 Å². The van der Waals surface area contributed by atoms with Gasteiger partial charge in [0.15, 0.2) is 0 Å². The van der Waals surface area contributed by atoms with Crippen molar-refractivity contribution in [3.63, 3.8) is 0 Å². The SMILES string of the molecule is COC(=O)c1ccc(N2C(=O)c3ccc(-c4ccco4)cc3C2=O)cc1. The van der Waals surface area contributed by atoms with Crippen LogP contribution in [-0.2, 0) is 4.74 Å². The highest BCUT2D eigenvalue weighted by atomic mass is 16.5. The number of amides is 2. The van der Waals surface area contributed by atoms with Crippen molar-refractivity contribution in [1.29, 1.82) is 0 Å². The molecule has 0 aliphatic carbocycles. The van der Waals surface area contributed by atoms with E-state index in [9.17, 15) is 14.4 Å². The normalized spacial score (nSPS) is 13.0. The summed E-state index contributed by atoms with van der Waals surface area (Å²) in [5.74, 6) is -0.679. The Bertz CT molecular complexity index is 1020. The fraction of sp³-hybridized carbons (Fsp3) is 0.0500. The topological polar surface area (TPSA) is 76.8 Å². The molecule has 0 N–H and O–H groups in total. The van der Waals surface area contributed by atoms with E-state index >= 15 is 0 Å². The predicted molar refractivity (Wildman–Crippen MR) is 93.1 cm³/mol. The molecule has 2 amide bonds. The molecule has 26 heavy (non-hydrogen) atoms. The Balaban J connectivity index is 1.70. The number of rotatable bonds is 3. The molecule has 4 rings (SSSR count). The largest absolute Gasteiger partial charge is 0.465 e. The van der Waals surface area contributed by atoms with Crippen molar-refractivity contribution in [2.45, 2.75) is 0 Å². The second-order valence-electron chi connectivity index (χ2n) is 5.72. The molecule has 0 bridgehead atoms. The third kappa shape index (κ3) is 2.39. The smallest absolute Gasteiger partial charge is 0.337 e. The fourth-order valence-corrected chi connectivity index (χ4v) is 2.94. The van der Waals surface area contributed by atoms with Crippen molar-refractivity contribution in [1.82, 2.24) is 0 Å². The van der Waals surface area contributed by atoms with Gasteiger partial charge in [-0.1, -0.05) is 6.07 Å². The van der Waals surface area contributed by atoms with E-state index in [4.69, 9.17) is 4.42 Å². The van der Waals surface area contributed by atoms with Gasteiger partial charge in [0.1, 0.15) is 5.76 Å². The zero-order valence-corrected chi connectivity index (χ0v) is 13.8. The van der Waals surface area contributed by atoms with Gasteiger partial charge in [-0.05, 0) is 48.5 Å². The van der Waals surface area contributed by atoms with E-state index < -0.39 is 17.8 Å². The second kappa shape index (κ2) is 6.00. The van der Waals surface area contributed by atoms with Crippen LogP contribution < -0.4 is 4.90 Å². The molecule has 0 saturated heterocycles. The number of carbonyl (C=O) groups is 3. The van der Waals surface area contributed by atoms with Crippen molar-refractivity contribution in [3.8, 4) is 11.3 Å². The Morgan fingerprint density at radius 1 is 0.962 bits per heavy atom. The van der Waals surface area contributed by atoms with E-state index in [2.05, 4.69) is 4.74 Å². The van der Waals surface area contributed by atoms with Crippen LogP contribution in [0.1, 0.15) is 31.1 Å². The molecule has 1 aliphatic rings. The van der Waals surface area contributed by atoms with Crippen LogP contribution in [0.3, 0.4) is 0 Å². The van der Waals surface area contributed by atoms with Gasteiger partial charge in [-0.2, -0.15) is 0 Å². The highest BCUT2D eigenvalue weighted by Crippen LogP contribution is 2.32. The van der Waals surface area contributed by atoms with Crippen LogP contribution in [0.2, 0.25) is 0 Å². The summed E-state index contributed by atoms with van der Waals surface area (Å²) < 4.78 is 9.99. The lowest BCUT2D eigenvalue weighted by Gasteiger charge is -2.14. The quantitative estimate of drug-likeness (QED) is 0.535. The number of ether oxygens (including phenoxy) is 1. The molecule has 2 aromatic carbocycles. The average Bonchev–Trinajstić information content (AvgIpc) is 3.29. The number of methoxy groups -OCH3 is 1. The van der Waals surface area contributed by atoms with Gasteiger partial charge in [0.05, 0.1) is 35.8 Å². The first-order chi connectivity index (χ1) is 12.6. The number of hydrogen-bond donors (Lipinski definition) is 0. The molecule has 3 aromatic rings. The molecule has 0 atom stereocenters. The summed E-state index contributed by atoms with van der Waals surface area (Å²) in [5, 5.41) is 0. The third-order valence-corrected chi connectivity index (χ3v) is 4.24. The standard InChI is InChI=1S/C20H13NO5/c1-25-20(24)12-4-7-14(8-5-12)21-18(22)15-9-6-13(11-16(15)19(21)23)17-3-2-10-26-17/h2-11H,1H3. The van der Waals surface area contributed by atoms with Crippen molar-refractivity contribution in [3.05, 3.63) is 77.6 Å². The first-order valence-corrected chi connectivity index (χ1v) is 7.85. The second-order valence-corrected chi connectivity index (χ2v) is 5.72. The number of hydrogen-bond acceptors (Lipinski definition) is 5. The van der Waals surface area contributed by atoms with Crippen LogP contribution >= 0.6 is 0 Å². The molecule has 6 nitrogen and oxygen atoms in total. The van der Waals surface area contributed by atoms with Crippen LogP contribution in [0.4, 0.5) is 5.69 Å². The minimum atomic E-state index is -0.484. The lowest BCUT2D eigenvalue weighted by atomic mass is 10.0. The van der Waals surface area contributed by atoms with Crippen molar-refractivity contribution in [2.24, 2.45) is 0 Å². The van der Waals surface area contributed by atoms with Gasteiger partial charge in [-0.25, -0.2) is 9.69 Å². The van der Waals surface area contributed by atoms with E-state index in [0.717, 1.165) is 10.5 Å². The summed E-state index contributed by atoms with van der Waals surface area (Å²) >= 11 is 0. The lowest BCUT2D eigenvalue weighted by Crippen LogP contribution is -2.29. The molecule has 2 heterocycles. The summed E-state index contributed by atoms with van der Waals surface area (Å²) in [6.45, 7) is 0. The van der Waals surface area contributed by atoms with Gasteiger partial charge >= 0.3 is 5.97 Å². The van der Waals surface area contributed by atoms with Gasteiger partial charge in [-0.15, -0.1) is 0 Å². The minimum absolute atomic E-state index is 0.320. The Labute approximate surface area is 148 Å². The van der Waals surface area contributed by atoms with Crippen LogP contribution in [0, 0.1) is 0 Å². The Kier molecular flexibility index (Phi) is 3.65. The van der Waals surface area contributed by atoms with Crippen LogP contribution in [-0.4, -0.2) is 24.9 Å². The van der Waals surface area contributed by atoms with E-state index in [1.807, 2.05) is 0 Å². The van der Waals surface area contributed by atoms with Crippen LogP contribution in [0.5, 0.6) is 0 Å². The summed E-state index contributed by atoms with van der Waals surface area (Å²) in [5.41, 5.74) is 2.11. The molecule has 0 spiro atoms. The number of nitrogens with zero attached hydrogens (tertiary/aromatic N) is 1. The first-order valence-electron chi connectivity index (χ1n) is 7.85. The molecule has 1 aromatic heterocycles. The van der Waals surface area contributed by atoms with Gasteiger partial charge < -0.3 is 9.15 Å². The number of fused-ring (bicyclic) bond motifs is 1. The highest BCUT2D eigenvalue weighted by Gasteiger charge is 2.37. The molecule has 6 heteroatoms. The summed E-state index contributed by atoms with van der Waals surface area (Å²) in [6.07, 6.45) is 1.55. The zero-order chi connectivity index (χ0) is 18.3. The van der Waals surface area contributed by atoms with Crippen molar-refractivity contribution < 1.29 is 23.5 Å². The van der Waals surface area contributed by atoms with E-state index in [-0.39, 0.29) is 0 Å². The van der Waals surface area contributed by atoms with Crippen LogP contribution in [0.25, 0.3) is 11.3 Å². The Morgan fingerprint density at radius 2 is 1.69 bits per heavy atom. The molecular formula is C20H13NO5. The zero-order valence-electron chi connectivity index (χ0n) is 13.8. The number of imide groups is 1. The molecule has 0 fully saturated rings. The molecule has 1 aliphatic heterocycles. The van der Waals surface area contributed by atoms with Crippen LogP contribution in [0.15, 0.2) is 65.3 Å². The molecule has 128 valence electrons. The first kappa shape index (κ1) is 15.8. The van der Waals surface area contributed by atoms with Gasteiger partial charge in [0.25, 0.3) is 11.8 Å². The third-order valence-electron chi connectivity index (χ3n) is 4.24. The molecule has 0 radical (unpaired) electrons. The Morgan fingerprint density at radius 3 is 2.35 bits per heavy atom. The Hall–Kier alpha value is -3.67. The number of carbonyl (C=O) groups excluding carboxylic acids is 3. The fourth-order valence-electron chi connectivity index (χ4n) is 2.94. The molecular weight excluding hydrogens is 334 g/mol. The number of esters is 1. The molecule has 0 saturated carbocycles. The number of furan rings is 1. The highest BCUT2D eigenvalue weighted by molar-refractivity contribution is 6.34. The van der Waals surface area contributed by atoms with Crippen molar-refractivity contribution >= 4 is 23.5 Å². The number of anilines is 1. The summed E-state index contributed by atoms with van der Waals surface area (Å²) in [6, 6.07) is 14.7. The van der Waals surface area contributed by atoms with E-state index in [0.29, 0.717) is 28.1 Å². The monoisotopic (exact) mass is 347 g/mol. The minimum Gasteiger partial charge on any atom is -0.465 e. The van der Waals surface area contributed by atoms with Gasteiger partial charge in [0, 0.05) is 5.56 Å². The van der Waals surface area contributed by atoms with Gasteiger partial charge in [0.2, 0.25) is 0 Å². The maximum absolute atomic E-state index is 12.8. The average molecular weight is 347 g/mol. The predicted octanol–water partition coefficient (Wildman–Crippen LogP) is 3.53. The van der Waals surface area contributed by atoms with E-state index in [1.165, 1.54) is 19.2 Å². The molecule has 0 unspecified atom stereocenters. The van der Waals surface area contributed by atoms with Crippen molar-refractivity contribution in [2.75, 3.05) is 12.0 Å². The summed E-state index contributed by atoms with van der Waals surface area (Å²) in [7, 11) is 1.29. The number of benzene rings is 2. The maximum atomic E-state index is 12.8. The summed E-state index contributed by atoms with van der Waals surface area (Å²) in [4.78, 5) is 38.1.